The first-order chi connectivity index (χ1) is 22.1. The number of fused-ring (bicyclic) bond motifs is 2. The summed E-state index contributed by atoms with van der Waals surface area (Å²) in [5.41, 5.74) is 6.89. The van der Waals surface area contributed by atoms with Gasteiger partial charge in [0.25, 0.3) is 0 Å². The first-order valence-electron chi connectivity index (χ1n) is 13.9. The van der Waals surface area contributed by atoms with Gasteiger partial charge in [-0.2, -0.15) is 8.62 Å². The Morgan fingerprint density at radius 2 is 1.75 bits per heavy atom. The second-order valence-corrected chi connectivity index (χ2v) is 15.7. The number of aliphatic hydroxyl groups is 1. The highest BCUT2D eigenvalue weighted by Crippen LogP contribution is 2.66. The summed E-state index contributed by atoms with van der Waals surface area (Å²) in [6.07, 6.45) is -3.73. The number of phenols is 1. The van der Waals surface area contributed by atoms with Gasteiger partial charge in [-0.25, -0.2) is 33.4 Å². The minimum absolute atomic E-state index is 0.00448. The van der Waals surface area contributed by atoms with Crippen molar-refractivity contribution in [2.24, 2.45) is 0 Å². The summed E-state index contributed by atoms with van der Waals surface area (Å²) in [7, 11) is -17.1. The molecule has 1 aromatic carbocycles. The van der Waals surface area contributed by atoms with E-state index in [-0.39, 0.29) is 29.2 Å². The molecule has 0 saturated carbocycles. The number of phenolic OH excluding ortho intramolecular Hbond substituents is 1. The highest BCUT2D eigenvalue weighted by atomic mass is 31.3. The van der Waals surface area contributed by atoms with E-state index in [1.807, 2.05) is 0 Å². The van der Waals surface area contributed by atoms with Crippen LogP contribution in [0.5, 0.6) is 11.5 Å². The van der Waals surface area contributed by atoms with Crippen LogP contribution in [0.1, 0.15) is 41.8 Å². The number of phosphoric acid groups is 3. The molecule has 1 saturated heterocycles. The number of phosphoric ester groups is 1. The third kappa shape index (κ3) is 7.14. The average Bonchev–Trinajstić information content (AvgIpc) is 3.53. The number of aromatic hydroxyl groups is 1. The molecule has 2 aromatic heterocycles. The van der Waals surface area contributed by atoms with Gasteiger partial charge in [0.1, 0.15) is 35.6 Å². The van der Waals surface area contributed by atoms with Gasteiger partial charge in [0.05, 0.1) is 12.9 Å². The molecule has 1 fully saturated rings. The van der Waals surface area contributed by atoms with Crippen molar-refractivity contribution in [1.29, 1.82) is 0 Å². The number of hydrogen-bond acceptors (Lipinski definition) is 16. The van der Waals surface area contributed by atoms with E-state index in [0.29, 0.717) is 34.4 Å². The molecule has 0 radical (unpaired) electrons. The lowest BCUT2D eigenvalue weighted by molar-refractivity contribution is -0.175. The molecule has 3 aromatic rings. The molecule has 0 bridgehead atoms. The summed E-state index contributed by atoms with van der Waals surface area (Å²) in [6.45, 7) is 5.53. The summed E-state index contributed by atoms with van der Waals surface area (Å²) >= 11 is 0. The van der Waals surface area contributed by atoms with Crippen LogP contribution in [-0.4, -0.2) is 85.8 Å². The van der Waals surface area contributed by atoms with E-state index in [0.717, 1.165) is 6.33 Å². The van der Waals surface area contributed by atoms with Crippen LogP contribution in [0.15, 0.2) is 12.7 Å². The Balaban J connectivity index is 1.42. The Hall–Kier alpha value is -3.03. The van der Waals surface area contributed by atoms with Crippen LogP contribution in [0.3, 0.4) is 0 Å². The first kappa shape index (κ1) is 36.3. The molecular weight excluding hydrogens is 707 g/mol. The zero-order chi connectivity index (χ0) is 35.6. The molecular formula is C24H32N5O16P3. The number of nitrogen functional groups attached to an aromatic ring is 1. The lowest BCUT2D eigenvalue weighted by atomic mass is 9.87. The number of carbonyl (C=O) groups is 1. The number of rotatable bonds is 10. The van der Waals surface area contributed by atoms with E-state index in [1.165, 1.54) is 17.8 Å². The third-order valence-corrected chi connectivity index (χ3v) is 11.8. The van der Waals surface area contributed by atoms with E-state index in [4.69, 9.17) is 34.3 Å². The fourth-order valence-electron chi connectivity index (χ4n) is 5.40. The second kappa shape index (κ2) is 12.7. The average molecular weight is 739 g/mol. The van der Waals surface area contributed by atoms with Crippen molar-refractivity contribution in [3.8, 4) is 11.5 Å². The quantitative estimate of drug-likeness (QED) is 0.114. The van der Waals surface area contributed by atoms with Gasteiger partial charge < -0.3 is 49.7 Å². The highest BCUT2D eigenvalue weighted by molar-refractivity contribution is 7.66. The molecule has 264 valence electrons. The van der Waals surface area contributed by atoms with Crippen LogP contribution < -0.4 is 10.5 Å². The topological polar surface area (TPSA) is 315 Å². The molecule has 0 amide bonds. The van der Waals surface area contributed by atoms with Gasteiger partial charge in [0.2, 0.25) is 5.60 Å². The van der Waals surface area contributed by atoms with Crippen LogP contribution >= 0.6 is 23.5 Å². The molecule has 2 aliphatic rings. The standard InChI is InChI=1S/C24H32N5O16P3/c1-10-11(2)18-13(12(3)16(10)30)5-6-24(4,43-18)23(32)42-19-14(7-40-47(36,37)45-48(38,39)44-46(33,34)35)41-22(17(19)31)29-9-28-15-20(25)26-8-27-21(15)29/h8-9,14,17,19,22,30-31H,5-7H2,1-4H3,(H,36,37)(H,38,39)(H2,25,26,27)(H2,33,34,35)/t14-,17-,19-,22-,24?/m1/s1. The van der Waals surface area contributed by atoms with Crippen molar-refractivity contribution in [3.05, 3.63) is 34.9 Å². The van der Waals surface area contributed by atoms with Gasteiger partial charge in [-0.15, -0.1) is 0 Å². The molecule has 8 N–H and O–H groups in total. The molecule has 0 aliphatic carbocycles. The lowest BCUT2D eigenvalue weighted by Gasteiger charge is -2.37. The Morgan fingerprint density at radius 3 is 2.42 bits per heavy atom. The Bertz CT molecular complexity index is 1920. The number of carbonyl (C=O) groups excluding carboxylic acids is 1. The van der Waals surface area contributed by atoms with Gasteiger partial charge in [0, 0.05) is 12.0 Å². The molecule has 7 atom stereocenters. The van der Waals surface area contributed by atoms with Gasteiger partial charge >= 0.3 is 29.4 Å². The SMILES string of the molecule is Cc1c(C)c2c(c(C)c1O)CCC(C)(C(=O)O[C@H]1[C@@H](O)[C@H](n3cnc4c(N)ncnc43)O[C@@H]1COP(=O)(O)OP(=O)(O)OP(=O)(O)O)O2. The number of esters is 1. The predicted octanol–water partition coefficient (Wildman–Crippen LogP) is 1.34. The maximum Gasteiger partial charge on any atom is 0.490 e. The zero-order valence-electron chi connectivity index (χ0n) is 25.6. The first-order valence-corrected chi connectivity index (χ1v) is 18.4. The van der Waals surface area contributed by atoms with Crippen molar-refractivity contribution < 1.29 is 75.6 Å². The Kier molecular flexibility index (Phi) is 9.59. The Morgan fingerprint density at radius 1 is 1.06 bits per heavy atom. The number of imidazole rings is 1. The van der Waals surface area contributed by atoms with Crippen molar-refractivity contribution in [3.63, 3.8) is 0 Å². The van der Waals surface area contributed by atoms with Crippen LogP contribution in [0.2, 0.25) is 0 Å². The summed E-state index contributed by atoms with van der Waals surface area (Å²) in [5.74, 6) is -0.498. The van der Waals surface area contributed by atoms with E-state index in [2.05, 4.69) is 23.6 Å². The summed E-state index contributed by atoms with van der Waals surface area (Å²) < 4.78 is 66.4. The van der Waals surface area contributed by atoms with Crippen LogP contribution in [0.4, 0.5) is 5.82 Å². The summed E-state index contributed by atoms with van der Waals surface area (Å²) in [5, 5.41) is 21.9. The van der Waals surface area contributed by atoms with Crippen molar-refractivity contribution in [2.45, 2.75) is 70.7 Å². The van der Waals surface area contributed by atoms with Crippen LogP contribution in [0.25, 0.3) is 11.2 Å². The number of nitrogens with two attached hydrogens (primary N) is 1. The highest BCUT2D eigenvalue weighted by Gasteiger charge is 2.52. The number of ether oxygens (including phenoxy) is 3. The largest absolute Gasteiger partial charge is 0.507 e. The van der Waals surface area contributed by atoms with E-state index < -0.39 is 66.2 Å². The minimum Gasteiger partial charge on any atom is -0.507 e. The number of aliphatic hydroxyl groups excluding tert-OH is 1. The smallest absolute Gasteiger partial charge is 0.490 e. The molecule has 24 heteroatoms. The molecule has 0 spiro atoms. The molecule has 21 nitrogen and oxygen atoms in total. The molecule has 5 rings (SSSR count). The van der Waals surface area contributed by atoms with Gasteiger partial charge in [0.15, 0.2) is 23.8 Å². The number of nitrogens with zero attached hydrogens (tertiary/aromatic N) is 4. The fraction of sp³-hybridized carbons (Fsp3) is 0.500. The summed E-state index contributed by atoms with van der Waals surface area (Å²) in [4.78, 5) is 62.8. The normalized spacial score (nSPS) is 26.8. The van der Waals surface area contributed by atoms with Crippen LogP contribution in [0, 0.1) is 20.8 Å². The maximum absolute atomic E-state index is 13.7. The van der Waals surface area contributed by atoms with Gasteiger partial charge in [-0.3, -0.25) is 9.09 Å². The minimum atomic E-state index is -5.85. The van der Waals surface area contributed by atoms with Crippen molar-refractivity contribution in [1.82, 2.24) is 19.5 Å². The molecule has 2 aliphatic heterocycles. The Labute approximate surface area is 271 Å². The molecule has 4 heterocycles. The number of hydrogen-bond donors (Lipinski definition) is 7. The van der Waals surface area contributed by atoms with Gasteiger partial charge in [-0.05, 0) is 50.8 Å². The number of benzene rings is 1. The molecule has 3 unspecified atom stereocenters. The maximum atomic E-state index is 13.7. The van der Waals surface area contributed by atoms with Crippen molar-refractivity contribution >= 4 is 46.4 Å². The van der Waals surface area contributed by atoms with E-state index in [9.17, 15) is 38.5 Å². The third-order valence-electron chi connectivity index (χ3n) is 7.98. The summed E-state index contributed by atoms with van der Waals surface area (Å²) in [6, 6.07) is 0. The number of anilines is 1. The zero-order valence-corrected chi connectivity index (χ0v) is 28.2. The second-order valence-electron chi connectivity index (χ2n) is 11.3. The number of aromatic nitrogens is 4. The van der Waals surface area contributed by atoms with Crippen molar-refractivity contribution in [2.75, 3.05) is 12.3 Å². The van der Waals surface area contributed by atoms with Gasteiger partial charge in [-0.1, -0.05) is 0 Å². The molecule has 48 heavy (non-hydrogen) atoms. The fourth-order valence-corrected chi connectivity index (χ4v) is 8.43. The van der Waals surface area contributed by atoms with E-state index >= 15 is 0 Å². The van der Waals surface area contributed by atoms with E-state index in [1.54, 1.807) is 20.8 Å². The predicted molar refractivity (Wildman–Crippen MR) is 159 cm³/mol. The monoisotopic (exact) mass is 739 g/mol. The van der Waals surface area contributed by atoms with Crippen LogP contribution in [-0.2, 0) is 47.5 Å². The lowest BCUT2D eigenvalue weighted by Crippen LogP contribution is -2.50.